The molecule has 0 aliphatic carbocycles. The van der Waals surface area contributed by atoms with E-state index in [0.717, 1.165) is 0 Å². The fourth-order valence-corrected chi connectivity index (χ4v) is 0.505. The van der Waals surface area contributed by atoms with E-state index in [0.29, 0.717) is 0 Å². The molecule has 0 aliphatic rings. The van der Waals surface area contributed by atoms with Crippen molar-refractivity contribution in [2.45, 2.75) is 0 Å². The largest absolute Gasteiger partial charge is 0.376 e. The van der Waals surface area contributed by atoms with Crippen LogP contribution >= 0.6 is 0 Å². The Bertz CT molecular complexity index is 278. The Morgan fingerprint density at radius 3 is 1.60 bits per heavy atom. The van der Waals surface area contributed by atoms with Crippen molar-refractivity contribution in [1.82, 2.24) is 20.3 Å². The monoisotopic (exact) mass is 216 g/mol. The van der Waals surface area contributed by atoms with Crippen molar-refractivity contribution >= 4 is 23.9 Å². The maximum Gasteiger partial charge on any atom is 0.313 e. The van der Waals surface area contributed by atoms with Crippen molar-refractivity contribution in [3.05, 3.63) is 0 Å². The molecule has 1 aromatic heterocycles. The Kier molecular flexibility index (Phi) is 5.18. The Labute approximate surface area is 84.7 Å². The van der Waals surface area contributed by atoms with E-state index in [1.165, 1.54) is 0 Å². The molecule has 1 rings (SSSR count). The first kappa shape index (κ1) is 12.6. The van der Waals surface area contributed by atoms with Crippen LogP contribution in [0.2, 0.25) is 0 Å². The molecule has 0 unspecified atom stereocenters. The van der Waals surface area contributed by atoms with Crippen LogP contribution in [-0.4, -0.2) is 32.8 Å². The summed E-state index contributed by atoms with van der Waals surface area (Å²) >= 11 is 0. The van der Waals surface area contributed by atoms with Gasteiger partial charge in [-0.25, -0.2) is 4.79 Å². The van der Waals surface area contributed by atoms with Crippen LogP contribution < -0.4 is 28.3 Å². The van der Waals surface area contributed by atoms with Gasteiger partial charge in [0, 0.05) is 0 Å². The zero-order valence-electron chi connectivity index (χ0n) is 7.71. The number of carbonyl (C=O) groups excluding carboxylic acids is 1. The van der Waals surface area contributed by atoms with Gasteiger partial charge < -0.3 is 33.4 Å². The van der Waals surface area contributed by atoms with Crippen LogP contribution in [0, 0.1) is 0 Å². The highest BCUT2D eigenvalue weighted by atomic mass is 16.3. The quantitative estimate of drug-likeness (QED) is 0.271. The Morgan fingerprint density at radius 1 is 1.13 bits per heavy atom. The molecule has 10 heteroatoms. The molecule has 0 spiro atoms. The molecule has 0 saturated carbocycles. The number of carbonyl (C=O) groups is 1. The molecule has 2 amide bonds. The minimum absolute atomic E-state index is 0.0417. The number of nitrogens with zero attached hydrogens (tertiary/aromatic N) is 3. The Hall–Kier alpha value is -2.36. The standard InChI is InChI=1S/C3H6N6.C2H6N2O2/c4-1-7-2(5)9-3(6)8-1;3-2(6)4-1-5/h(H6,4,5,6,7,8,9);5H,1H2,(H3,3,4,6). The van der Waals surface area contributed by atoms with Crippen LogP contribution in [0.5, 0.6) is 0 Å². The van der Waals surface area contributed by atoms with E-state index >= 15 is 0 Å². The predicted octanol–water partition coefficient (Wildman–Crippen LogP) is -2.78. The maximum absolute atomic E-state index is 9.55. The number of hydrogen-bond acceptors (Lipinski definition) is 8. The number of nitrogens with two attached hydrogens (primary N) is 4. The molecule has 1 heterocycles. The topological polar surface area (TPSA) is 192 Å². The van der Waals surface area contributed by atoms with Gasteiger partial charge in [0.1, 0.15) is 6.73 Å². The minimum atomic E-state index is -0.711. The van der Waals surface area contributed by atoms with Crippen LogP contribution in [0.25, 0.3) is 0 Å². The summed E-state index contributed by atoms with van der Waals surface area (Å²) in [7, 11) is 0. The van der Waals surface area contributed by atoms with Crippen LogP contribution in [0.15, 0.2) is 0 Å². The molecule has 15 heavy (non-hydrogen) atoms. The first-order valence-electron chi connectivity index (χ1n) is 3.62. The van der Waals surface area contributed by atoms with E-state index < -0.39 is 12.8 Å². The first-order valence-corrected chi connectivity index (χ1v) is 3.62. The third-order valence-electron chi connectivity index (χ3n) is 0.941. The average Bonchev–Trinajstić information content (AvgIpc) is 2.00. The molecule has 1 aromatic rings. The Balaban J connectivity index is 0.000000288. The van der Waals surface area contributed by atoms with E-state index in [2.05, 4.69) is 20.7 Å². The van der Waals surface area contributed by atoms with E-state index in [-0.39, 0.29) is 17.8 Å². The third kappa shape index (κ3) is 6.77. The number of urea groups is 1. The summed E-state index contributed by atoms with van der Waals surface area (Å²) in [4.78, 5) is 20.0. The molecular formula is C5H12N8O2. The van der Waals surface area contributed by atoms with Gasteiger partial charge >= 0.3 is 6.03 Å². The lowest BCUT2D eigenvalue weighted by Crippen LogP contribution is -2.29. The highest BCUT2D eigenvalue weighted by molar-refractivity contribution is 5.71. The number of aliphatic hydroxyl groups is 1. The lowest BCUT2D eigenvalue weighted by Gasteiger charge is -1.93. The summed E-state index contributed by atoms with van der Waals surface area (Å²) in [5.41, 5.74) is 19.9. The van der Waals surface area contributed by atoms with Gasteiger partial charge in [0.05, 0.1) is 0 Å². The van der Waals surface area contributed by atoms with Gasteiger partial charge in [0.15, 0.2) is 0 Å². The molecule has 0 fully saturated rings. The second kappa shape index (κ2) is 6.15. The fourth-order valence-electron chi connectivity index (χ4n) is 0.505. The normalized spacial score (nSPS) is 8.60. The predicted molar refractivity (Wildman–Crippen MR) is 52.9 cm³/mol. The highest BCUT2D eigenvalue weighted by Gasteiger charge is 1.93. The first-order chi connectivity index (χ1) is 6.95. The summed E-state index contributed by atoms with van der Waals surface area (Å²) in [6, 6.07) is -0.711. The van der Waals surface area contributed by atoms with Crippen LogP contribution in [0.1, 0.15) is 0 Å². The van der Waals surface area contributed by atoms with E-state index in [4.69, 9.17) is 22.3 Å². The number of anilines is 3. The second-order valence-corrected chi connectivity index (χ2v) is 2.11. The molecule has 84 valence electrons. The fraction of sp³-hybridized carbons (Fsp3) is 0.200. The van der Waals surface area contributed by atoms with Crippen LogP contribution in [-0.2, 0) is 0 Å². The smallest absolute Gasteiger partial charge is 0.313 e. The molecule has 0 bridgehead atoms. The number of hydrogen-bond donors (Lipinski definition) is 6. The van der Waals surface area contributed by atoms with Gasteiger partial charge in [0.2, 0.25) is 17.8 Å². The van der Waals surface area contributed by atoms with Crippen molar-refractivity contribution in [2.75, 3.05) is 23.9 Å². The lowest BCUT2D eigenvalue weighted by molar-refractivity contribution is 0.225. The summed E-state index contributed by atoms with van der Waals surface area (Å²) in [5, 5.41) is 9.73. The van der Waals surface area contributed by atoms with Crippen molar-refractivity contribution in [3.63, 3.8) is 0 Å². The van der Waals surface area contributed by atoms with Crippen molar-refractivity contribution in [1.29, 1.82) is 0 Å². The second-order valence-electron chi connectivity index (χ2n) is 2.11. The van der Waals surface area contributed by atoms with Gasteiger partial charge in [-0.05, 0) is 0 Å². The van der Waals surface area contributed by atoms with Crippen molar-refractivity contribution in [2.24, 2.45) is 5.73 Å². The van der Waals surface area contributed by atoms with Gasteiger partial charge in [-0.15, -0.1) is 0 Å². The molecule has 0 saturated heterocycles. The van der Waals surface area contributed by atoms with E-state index in [9.17, 15) is 4.79 Å². The van der Waals surface area contributed by atoms with Crippen LogP contribution in [0.4, 0.5) is 22.6 Å². The zero-order chi connectivity index (χ0) is 11.8. The van der Waals surface area contributed by atoms with Crippen LogP contribution in [0.3, 0.4) is 0 Å². The number of aliphatic hydroxyl groups excluding tert-OH is 1. The number of rotatable bonds is 1. The van der Waals surface area contributed by atoms with Crippen molar-refractivity contribution in [3.8, 4) is 0 Å². The number of nitrogen functional groups attached to an aromatic ring is 3. The highest BCUT2D eigenvalue weighted by Crippen LogP contribution is 1.97. The number of aromatic nitrogens is 3. The number of amides is 2. The number of nitrogens with one attached hydrogen (secondary N) is 1. The summed E-state index contributed by atoms with van der Waals surface area (Å²) in [6.07, 6.45) is 0. The molecule has 0 radical (unpaired) electrons. The average molecular weight is 216 g/mol. The molecule has 10 N–H and O–H groups in total. The Morgan fingerprint density at radius 2 is 1.47 bits per heavy atom. The molecule has 10 nitrogen and oxygen atoms in total. The molecule has 0 aliphatic heterocycles. The summed E-state index contributed by atoms with van der Waals surface area (Å²) in [5.74, 6) is 0.125. The van der Waals surface area contributed by atoms with Gasteiger partial charge in [-0.2, -0.15) is 15.0 Å². The molecule has 0 aromatic carbocycles. The maximum atomic E-state index is 9.55. The number of primary amides is 1. The van der Waals surface area contributed by atoms with E-state index in [1.807, 2.05) is 5.32 Å². The van der Waals surface area contributed by atoms with E-state index in [1.54, 1.807) is 0 Å². The van der Waals surface area contributed by atoms with Crippen molar-refractivity contribution < 1.29 is 9.90 Å². The SMILES string of the molecule is NC(=O)NCO.Nc1nc(N)nc(N)n1. The van der Waals surface area contributed by atoms with Gasteiger partial charge in [0.25, 0.3) is 0 Å². The lowest BCUT2D eigenvalue weighted by atomic mass is 10.9. The third-order valence-corrected chi connectivity index (χ3v) is 0.941. The summed E-state index contributed by atoms with van der Waals surface area (Å²) in [6.45, 7) is -0.394. The minimum Gasteiger partial charge on any atom is -0.376 e. The molecular weight excluding hydrogens is 204 g/mol. The molecule has 0 atom stereocenters. The van der Waals surface area contributed by atoms with Gasteiger partial charge in [-0.3, -0.25) is 0 Å². The summed E-state index contributed by atoms with van der Waals surface area (Å²) < 4.78 is 0. The van der Waals surface area contributed by atoms with Gasteiger partial charge in [-0.1, -0.05) is 0 Å². The zero-order valence-corrected chi connectivity index (χ0v) is 7.71.